The number of nitrogens with zero attached hydrogens (tertiary/aromatic N) is 3. The monoisotopic (exact) mass is 411 g/mol. The van der Waals surface area contributed by atoms with Crippen molar-refractivity contribution in [1.82, 2.24) is 9.88 Å². The zero-order valence-electron chi connectivity index (χ0n) is 17.0. The van der Waals surface area contributed by atoms with Crippen LogP contribution >= 0.6 is 11.3 Å². The Labute approximate surface area is 174 Å². The highest BCUT2D eigenvalue weighted by molar-refractivity contribution is 7.22. The molecule has 2 heterocycles. The Morgan fingerprint density at radius 1 is 1.07 bits per heavy atom. The molecule has 152 valence electrons. The van der Waals surface area contributed by atoms with Crippen LogP contribution in [0.2, 0.25) is 0 Å². The van der Waals surface area contributed by atoms with Crippen molar-refractivity contribution >= 4 is 32.6 Å². The molecule has 1 aliphatic rings. The number of carbonyl (C=O) groups is 1. The standard InChI is InChI=1S/C22H25N3O3S/c1-4-15-6-5-7-19-20(15)23-22(29-19)25-12-10-24(11-13-25)21(26)16-8-9-17(27-2)18(14-16)28-3/h5-9,14H,4,10-13H2,1-3H3. The molecule has 0 saturated carbocycles. The number of fused-ring (bicyclic) bond motifs is 1. The molecule has 0 aliphatic carbocycles. The lowest BCUT2D eigenvalue weighted by atomic mass is 10.1. The predicted molar refractivity (Wildman–Crippen MR) is 117 cm³/mol. The molecular formula is C22H25N3O3S. The predicted octanol–water partition coefficient (Wildman–Crippen LogP) is 3.84. The summed E-state index contributed by atoms with van der Waals surface area (Å²) in [6, 6.07) is 11.7. The summed E-state index contributed by atoms with van der Waals surface area (Å²) in [5.41, 5.74) is 3.01. The molecule has 29 heavy (non-hydrogen) atoms. The van der Waals surface area contributed by atoms with Gasteiger partial charge in [-0.1, -0.05) is 30.4 Å². The summed E-state index contributed by atoms with van der Waals surface area (Å²) in [6.07, 6.45) is 0.980. The Morgan fingerprint density at radius 2 is 1.83 bits per heavy atom. The summed E-state index contributed by atoms with van der Waals surface area (Å²) in [5.74, 6) is 1.21. The van der Waals surface area contributed by atoms with E-state index in [1.807, 2.05) is 4.90 Å². The lowest BCUT2D eigenvalue weighted by molar-refractivity contribution is 0.0746. The molecule has 1 saturated heterocycles. The zero-order valence-corrected chi connectivity index (χ0v) is 17.8. The number of carbonyl (C=O) groups excluding carboxylic acids is 1. The van der Waals surface area contributed by atoms with Gasteiger partial charge >= 0.3 is 0 Å². The molecule has 0 atom stereocenters. The van der Waals surface area contributed by atoms with Crippen LogP contribution in [-0.4, -0.2) is 56.2 Å². The van der Waals surface area contributed by atoms with Gasteiger partial charge in [-0.05, 0) is 36.2 Å². The molecule has 6 nitrogen and oxygen atoms in total. The summed E-state index contributed by atoms with van der Waals surface area (Å²) in [4.78, 5) is 22.0. The molecule has 0 spiro atoms. The smallest absolute Gasteiger partial charge is 0.254 e. The molecule has 1 amide bonds. The van der Waals surface area contributed by atoms with Crippen LogP contribution in [-0.2, 0) is 6.42 Å². The average molecular weight is 412 g/mol. The van der Waals surface area contributed by atoms with E-state index in [0.717, 1.165) is 30.2 Å². The Bertz CT molecular complexity index is 1030. The van der Waals surface area contributed by atoms with Crippen molar-refractivity contribution in [2.75, 3.05) is 45.3 Å². The Kier molecular flexibility index (Phi) is 5.58. The van der Waals surface area contributed by atoms with E-state index >= 15 is 0 Å². The lowest BCUT2D eigenvalue weighted by Crippen LogP contribution is -2.48. The van der Waals surface area contributed by atoms with E-state index in [9.17, 15) is 4.79 Å². The van der Waals surface area contributed by atoms with E-state index in [-0.39, 0.29) is 5.91 Å². The second-order valence-corrected chi connectivity index (χ2v) is 7.97. The van der Waals surface area contributed by atoms with Gasteiger partial charge in [0.2, 0.25) is 0 Å². The number of rotatable bonds is 5. The molecule has 1 aliphatic heterocycles. The quantitative estimate of drug-likeness (QED) is 0.639. The molecule has 0 bridgehead atoms. The molecule has 2 aromatic carbocycles. The van der Waals surface area contributed by atoms with Crippen molar-refractivity contribution in [3.63, 3.8) is 0 Å². The zero-order chi connectivity index (χ0) is 20.4. The highest BCUT2D eigenvalue weighted by Crippen LogP contribution is 2.32. The number of thiazole rings is 1. The van der Waals surface area contributed by atoms with Crippen molar-refractivity contribution in [3.05, 3.63) is 47.5 Å². The summed E-state index contributed by atoms with van der Waals surface area (Å²) in [5, 5.41) is 1.04. The molecule has 0 radical (unpaired) electrons. The van der Waals surface area contributed by atoms with Crippen LogP contribution in [0.4, 0.5) is 5.13 Å². The van der Waals surface area contributed by atoms with Crippen LogP contribution in [0, 0.1) is 0 Å². The number of amides is 1. The minimum atomic E-state index is 0.0168. The van der Waals surface area contributed by atoms with E-state index < -0.39 is 0 Å². The maximum absolute atomic E-state index is 12.9. The topological polar surface area (TPSA) is 54.9 Å². The number of anilines is 1. The summed E-state index contributed by atoms with van der Waals surface area (Å²) in [6.45, 7) is 5.06. The summed E-state index contributed by atoms with van der Waals surface area (Å²) < 4.78 is 11.8. The van der Waals surface area contributed by atoms with Gasteiger partial charge in [-0.2, -0.15) is 0 Å². The third-order valence-electron chi connectivity index (χ3n) is 5.34. The van der Waals surface area contributed by atoms with Gasteiger partial charge in [0.05, 0.1) is 24.4 Å². The fourth-order valence-corrected chi connectivity index (χ4v) is 4.73. The van der Waals surface area contributed by atoms with Crippen molar-refractivity contribution in [1.29, 1.82) is 0 Å². The van der Waals surface area contributed by atoms with Gasteiger partial charge < -0.3 is 19.3 Å². The van der Waals surface area contributed by atoms with Gasteiger partial charge in [0.15, 0.2) is 16.6 Å². The first-order valence-corrected chi connectivity index (χ1v) is 10.6. The fraction of sp³-hybridized carbons (Fsp3) is 0.364. The summed E-state index contributed by atoms with van der Waals surface area (Å²) in [7, 11) is 3.16. The van der Waals surface area contributed by atoms with Crippen molar-refractivity contribution in [2.45, 2.75) is 13.3 Å². The van der Waals surface area contributed by atoms with Crippen LogP contribution in [0.1, 0.15) is 22.8 Å². The number of aryl methyl sites for hydroxylation is 1. The number of piperazine rings is 1. The van der Waals surface area contributed by atoms with Gasteiger partial charge in [0, 0.05) is 31.7 Å². The minimum Gasteiger partial charge on any atom is -0.493 e. The van der Waals surface area contributed by atoms with Crippen molar-refractivity contribution < 1.29 is 14.3 Å². The minimum absolute atomic E-state index is 0.0168. The largest absolute Gasteiger partial charge is 0.493 e. The highest BCUT2D eigenvalue weighted by Gasteiger charge is 2.25. The van der Waals surface area contributed by atoms with E-state index in [2.05, 4.69) is 30.0 Å². The number of benzene rings is 2. The molecule has 1 aromatic heterocycles. The van der Waals surface area contributed by atoms with Gasteiger partial charge in [-0.25, -0.2) is 4.98 Å². The molecule has 1 fully saturated rings. The third kappa shape index (κ3) is 3.74. The van der Waals surface area contributed by atoms with Crippen LogP contribution in [0.3, 0.4) is 0 Å². The highest BCUT2D eigenvalue weighted by atomic mass is 32.1. The van der Waals surface area contributed by atoms with E-state index in [0.29, 0.717) is 30.2 Å². The average Bonchev–Trinajstić information content (AvgIpc) is 3.22. The van der Waals surface area contributed by atoms with Gasteiger partial charge in [-0.15, -0.1) is 0 Å². The maximum atomic E-state index is 12.9. The first-order chi connectivity index (χ1) is 14.1. The number of aromatic nitrogens is 1. The van der Waals surface area contributed by atoms with Crippen molar-refractivity contribution in [3.8, 4) is 11.5 Å². The van der Waals surface area contributed by atoms with Gasteiger partial charge in [-0.3, -0.25) is 4.79 Å². The van der Waals surface area contributed by atoms with Gasteiger partial charge in [0.25, 0.3) is 5.91 Å². The first-order valence-electron chi connectivity index (χ1n) is 9.79. The van der Waals surface area contributed by atoms with Crippen LogP contribution in [0.25, 0.3) is 10.2 Å². The second-order valence-electron chi connectivity index (χ2n) is 6.96. The number of hydrogen-bond acceptors (Lipinski definition) is 6. The Balaban J connectivity index is 1.46. The van der Waals surface area contributed by atoms with Crippen molar-refractivity contribution in [2.24, 2.45) is 0 Å². The SMILES string of the molecule is CCc1cccc2sc(N3CCN(C(=O)c4ccc(OC)c(OC)c4)CC3)nc12. The normalized spacial score (nSPS) is 14.3. The molecular weight excluding hydrogens is 386 g/mol. The first kappa shape index (κ1) is 19.5. The van der Waals surface area contributed by atoms with Crippen LogP contribution < -0.4 is 14.4 Å². The summed E-state index contributed by atoms with van der Waals surface area (Å²) >= 11 is 1.73. The molecule has 3 aromatic rings. The fourth-order valence-electron chi connectivity index (χ4n) is 3.67. The van der Waals surface area contributed by atoms with E-state index in [1.165, 1.54) is 10.3 Å². The van der Waals surface area contributed by atoms with Crippen LogP contribution in [0.5, 0.6) is 11.5 Å². The van der Waals surface area contributed by atoms with E-state index in [1.54, 1.807) is 43.8 Å². The molecule has 7 heteroatoms. The molecule has 4 rings (SSSR count). The van der Waals surface area contributed by atoms with Crippen LogP contribution in [0.15, 0.2) is 36.4 Å². The number of hydrogen-bond donors (Lipinski definition) is 0. The maximum Gasteiger partial charge on any atom is 0.254 e. The lowest BCUT2D eigenvalue weighted by Gasteiger charge is -2.34. The Hall–Kier alpha value is -2.80. The third-order valence-corrected chi connectivity index (χ3v) is 6.42. The molecule has 0 N–H and O–H groups in total. The molecule has 0 unspecified atom stereocenters. The van der Waals surface area contributed by atoms with Gasteiger partial charge in [0.1, 0.15) is 0 Å². The number of para-hydroxylation sites is 1. The number of methoxy groups -OCH3 is 2. The Morgan fingerprint density at radius 3 is 2.52 bits per heavy atom. The van der Waals surface area contributed by atoms with E-state index in [4.69, 9.17) is 14.5 Å². The number of ether oxygens (including phenoxy) is 2. The second kappa shape index (κ2) is 8.29.